The van der Waals surface area contributed by atoms with Gasteiger partial charge in [0.25, 0.3) is 0 Å². The predicted octanol–water partition coefficient (Wildman–Crippen LogP) is 2.99. The van der Waals surface area contributed by atoms with Crippen molar-refractivity contribution in [1.29, 1.82) is 0 Å². The molecule has 0 saturated heterocycles. The van der Waals surface area contributed by atoms with Crippen LogP contribution in [0, 0.1) is 0 Å². The Morgan fingerprint density at radius 2 is 1.86 bits per heavy atom. The lowest BCUT2D eigenvalue weighted by atomic mass is 9.86. The highest BCUT2D eigenvalue weighted by Gasteiger charge is 2.20. The van der Waals surface area contributed by atoms with Crippen LogP contribution < -0.4 is 4.74 Å². The fraction of sp³-hybridized carbons (Fsp3) is 0.455. The van der Waals surface area contributed by atoms with Crippen molar-refractivity contribution in [2.75, 3.05) is 7.11 Å². The lowest BCUT2D eigenvalue weighted by Crippen LogP contribution is -2.11. The molecule has 0 radical (unpaired) electrons. The molecule has 0 aliphatic heterocycles. The van der Waals surface area contributed by atoms with E-state index in [9.17, 15) is 5.11 Å². The van der Waals surface area contributed by atoms with Crippen molar-refractivity contribution in [3.05, 3.63) is 17.7 Å². The van der Waals surface area contributed by atoms with Crippen molar-refractivity contribution >= 4 is 12.6 Å². The van der Waals surface area contributed by atoms with Gasteiger partial charge >= 0.3 is 0 Å². The van der Waals surface area contributed by atoms with Crippen LogP contribution >= 0.6 is 12.6 Å². The van der Waals surface area contributed by atoms with Gasteiger partial charge in [-0.3, -0.25) is 0 Å². The molecule has 0 unspecified atom stereocenters. The molecular formula is C11H16O2S. The number of benzene rings is 1. The Morgan fingerprint density at radius 1 is 1.29 bits per heavy atom. The minimum atomic E-state index is -0.115. The Kier molecular flexibility index (Phi) is 3.00. The van der Waals surface area contributed by atoms with E-state index in [2.05, 4.69) is 12.6 Å². The quantitative estimate of drug-likeness (QED) is 0.701. The fourth-order valence-electron chi connectivity index (χ4n) is 1.28. The van der Waals surface area contributed by atoms with E-state index in [0.717, 1.165) is 11.3 Å². The molecule has 3 heteroatoms. The van der Waals surface area contributed by atoms with Crippen molar-refractivity contribution in [2.24, 2.45) is 0 Å². The van der Waals surface area contributed by atoms with Gasteiger partial charge in [0, 0.05) is 10.5 Å². The van der Waals surface area contributed by atoms with Crippen LogP contribution in [0.2, 0.25) is 0 Å². The zero-order valence-corrected chi connectivity index (χ0v) is 9.85. The summed E-state index contributed by atoms with van der Waals surface area (Å²) in [6.45, 7) is 6.11. The molecule has 0 amide bonds. The summed E-state index contributed by atoms with van der Waals surface area (Å²) in [7, 11) is 1.60. The third-order valence-electron chi connectivity index (χ3n) is 2.11. The molecule has 0 heterocycles. The average molecular weight is 212 g/mol. The molecular weight excluding hydrogens is 196 g/mol. The summed E-state index contributed by atoms with van der Waals surface area (Å²) in [6.07, 6.45) is 0. The van der Waals surface area contributed by atoms with Crippen LogP contribution in [0.3, 0.4) is 0 Å². The highest BCUT2D eigenvalue weighted by atomic mass is 32.1. The molecule has 0 bridgehead atoms. The van der Waals surface area contributed by atoms with Crippen LogP contribution in [0.4, 0.5) is 0 Å². The number of phenolic OH excluding ortho intramolecular Hbond substituents is 1. The highest BCUT2D eigenvalue weighted by Crippen LogP contribution is 2.38. The molecule has 0 atom stereocenters. The largest absolute Gasteiger partial charge is 0.506 e. The Bertz CT molecular complexity index is 340. The third kappa shape index (κ3) is 2.15. The number of ether oxygens (including phenoxy) is 1. The van der Waals surface area contributed by atoms with Crippen molar-refractivity contribution in [2.45, 2.75) is 31.1 Å². The van der Waals surface area contributed by atoms with Crippen LogP contribution in [0.5, 0.6) is 11.5 Å². The van der Waals surface area contributed by atoms with E-state index >= 15 is 0 Å². The summed E-state index contributed by atoms with van der Waals surface area (Å²) < 4.78 is 5.13. The molecule has 0 aliphatic carbocycles. The summed E-state index contributed by atoms with van der Waals surface area (Å²) in [4.78, 5) is 0.550. The Morgan fingerprint density at radius 3 is 2.29 bits per heavy atom. The van der Waals surface area contributed by atoms with Gasteiger partial charge in [-0.05, 0) is 17.5 Å². The molecule has 1 aromatic carbocycles. The average Bonchev–Trinajstić information content (AvgIpc) is 2.07. The lowest BCUT2D eigenvalue weighted by Gasteiger charge is -2.21. The van der Waals surface area contributed by atoms with Crippen LogP contribution in [-0.4, -0.2) is 12.2 Å². The number of hydrogen-bond acceptors (Lipinski definition) is 3. The van der Waals surface area contributed by atoms with Crippen LogP contribution in [-0.2, 0) is 5.41 Å². The van der Waals surface area contributed by atoms with E-state index in [4.69, 9.17) is 4.74 Å². The standard InChI is InChI=1S/C11H16O2S/c1-11(2,3)8-5-7(13-4)6-9(14)10(8)12/h5-6,12,14H,1-4H3. The third-order valence-corrected chi connectivity index (χ3v) is 2.45. The van der Waals surface area contributed by atoms with E-state index < -0.39 is 0 Å². The lowest BCUT2D eigenvalue weighted by molar-refractivity contribution is 0.400. The van der Waals surface area contributed by atoms with Crippen LogP contribution in [0.1, 0.15) is 26.3 Å². The van der Waals surface area contributed by atoms with Gasteiger partial charge in [-0.2, -0.15) is 0 Å². The first kappa shape index (κ1) is 11.2. The zero-order valence-electron chi connectivity index (χ0n) is 8.96. The molecule has 2 nitrogen and oxygen atoms in total. The van der Waals surface area contributed by atoms with Crippen LogP contribution in [0.25, 0.3) is 0 Å². The second kappa shape index (κ2) is 3.73. The normalized spacial score (nSPS) is 11.5. The summed E-state index contributed by atoms with van der Waals surface area (Å²) >= 11 is 4.19. The van der Waals surface area contributed by atoms with Gasteiger partial charge in [0.05, 0.1) is 7.11 Å². The number of aromatic hydroxyl groups is 1. The summed E-state index contributed by atoms with van der Waals surface area (Å²) in [6, 6.07) is 3.54. The van der Waals surface area contributed by atoms with E-state index in [-0.39, 0.29) is 11.2 Å². The first-order chi connectivity index (χ1) is 6.36. The SMILES string of the molecule is COc1cc(S)c(O)c(C(C)(C)C)c1. The van der Waals surface area contributed by atoms with E-state index in [1.165, 1.54) is 0 Å². The number of hydrogen-bond donors (Lipinski definition) is 2. The first-order valence-electron chi connectivity index (χ1n) is 4.46. The monoisotopic (exact) mass is 212 g/mol. The zero-order chi connectivity index (χ0) is 10.9. The first-order valence-corrected chi connectivity index (χ1v) is 4.91. The van der Waals surface area contributed by atoms with Crippen molar-refractivity contribution in [3.8, 4) is 11.5 Å². The number of rotatable bonds is 1. The molecule has 0 saturated carbocycles. The molecule has 0 aromatic heterocycles. The van der Waals surface area contributed by atoms with Crippen molar-refractivity contribution in [3.63, 3.8) is 0 Å². The summed E-state index contributed by atoms with van der Waals surface area (Å²) in [5.41, 5.74) is 0.734. The number of methoxy groups -OCH3 is 1. The molecule has 78 valence electrons. The molecule has 1 rings (SSSR count). The maximum absolute atomic E-state index is 9.82. The molecule has 1 aromatic rings. The van der Waals surface area contributed by atoms with Crippen molar-refractivity contribution in [1.82, 2.24) is 0 Å². The molecule has 0 spiro atoms. The Balaban J connectivity index is 3.35. The molecule has 1 N–H and O–H groups in total. The highest BCUT2D eigenvalue weighted by molar-refractivity contribution is 7.80. The van der Waals surface area contributed by atoms with Gasteiger partial charge in [-0.1, -0.05) is 20.8 Å². The minimum absolute atomic E-state index is 0.115. The minimum Gasteiger partial charge on any atom is -0.506 e. The number of phenols is 1. The maximum Gasteiger partial charge on any atom is 0.132 e. The molecule has 14 heavy (non-hydrogen) atoms. The van der Waals surface area contributed by atoms with E-state index in [0.29, 0.717) is 4.90 Å². The maximum atomic E-state index is 9.82. The van der Waals surface area contributed by atoms with Crippen molar-refractivity contribution < 1.29 is 9.84 Å². The van der Waals surface area contributed by atoms with Gasteiger partial charge in [0.15, 0.2) is 0 Å². The Hall–Kier alpha value is -0.830. The summed E-state index contributed by atoms with van der Waals surface area (Å²) in [5.74, 6) is 0.958. The summed E-state index contributed by atoms with van der Waals surface area (Å²) in [5, 5.41) is 9.82. The van der Waals surface area contributed by atoms with E-state index in [1.54, 1.807) is 13.2 Å². The van der Waals surface area contributed by atoms with Gasteiger partial charge in [0.2, 0.25) is 0 Å². The topological polar surface area (TPSA) is 29.5 Å². The predicted molar refractivity (Wildman–Crippen MR) is 60.6 cm³/mol. The number of thiol groups is 1. The van der Waals surface area contributed by atoms with Gasteiger partial charge in [0.1, 0.15) is 11.5 Å². The smallest absolute Gasteiger partial charge is 0.132 e. The second-order valence-corrected chi connectivity index (χ2v) is 4.77. The van der Waals surface area contributed by atoms with Gasteiger partial charge in [-0.15, -0.1) is 12.6 Å². The van der Waals surface area contributed by atoms with Crippen LogP contribution in [0.15, 0.2) is 17.0 Å². The Labute approximate surface area is 90.3 Å². The van der Waals surface area contributed by atoms with Gasteiger partial charge < -0.3 is 9.84 Å². The fourth-order valence-corrected chi connectivity index (χ4v) is 1.53. The van der Waals surface area contributed by atoms with E-state index in [1.807, 2.05) is 26.8 Å². The van der Waals surface area contributed by atoms with Gasteiger partial charge in [-0.25, -0.2) is 0 Å². The molecule has 0 aliphatic rings. The molecule has 0 fully saturated rings. The second-order valence-electron chi connectivity index (χ2n) is 4.29.